The number of hydrogen-bond donors (Lipinski definition) is 1. The topological polar surface area (TPSA) is 42.4 Å². The van der Waals surface area contributed by atoms with E-state index in [2.05, 4.69) is 11.9 Å². The Balaban J connectivity index is 2.05. The molecular weight excluding hydrogens is 224 g/mol. The van der Waals surface area contributed by atoms with E-state index in [9.17, 15) is 0 Å². The summed E-state index contributed by atoms with van der Waals surface area (Å²) >= 11 is 5.81. The summed E-state index contributed by atoms with van der Waals surface area (Å²) in [5.74, 6) is 1.90. The molecule has 16 heavy (non-hydrogen) atoms. The molecule has 2 heterocycles. The molecule has 1 aromatic heterocycles. The summed E-state index contributed by atoms with van der Waals surface area (Å²) in [6.07, 6.45) is 2.38. The highest BCUT2D eigenvalue weighted by Gasteiger charge is 2.27. The van der Waals surface area contributed by atoms with Crippen molar-refractivity contribution in [2.75, 3.05) is 26.7 Å². The van der Waals surface area contributed by atoms with Gasteiger partial charge in [0.15, 0.2) is 5.22 Å². The third-order valence-electron chi connectivity index (χ3n) is 3.55. The summed E-state index contributed by atoms with van der Waals surface area (Å²) in [5, 5.41) is 0.460. The van der Waals surface area contributed by atoms with Crippen molar-refractivity contribution >= 4 is 11.6 Å². The summed E-state index contributed by atoms with van der Waals surface area (Å²) in [7, 11) is 2.16. The zero-order chi connectivity index (χ0) is 11.5. The molecule has 0 amide bonds. The van der Waals surface area contributed by atoms with Crippen LogP contribution in [0, 0.1) is 5.92 Å². The first-order valence-electron chi connectivity index (χ1n) is 5.84. The van der Waals surface area contributed by atoms with E-state index < -0.39 is 0 Å². The molecule has 0 bridgehead atoms. The van der Waals surface area contributed by atoms with Gasteiger partial charge < -0.3 is 15.1 Å². The molecule has 1 aromatic rings. The predicted molar refractivity (Wildman–Crippen MR) is 65.7 cm³/mol. The first kappa shape index (κ1) is 12.0. The highest BCUT2D eigenvalue weighted by Crippen LogP contribution is 2.33. The SMILES string of the molecule is CN1CCC(C(CN)c2ccc(Cl)o2)CC1. The minimum atomic E-state index is 0.321. The molecule has 90 valence electrons. The third kappa shape index (κ3) is 2.59. The molecule has 2 rings (SSSR count). The van der Waals surface area contributed by atoms with Crippen LogP contribution in [0.5, 0.6) is 0 Å². The molecule has 0 radical (unpaired) electrons. The summed E-state index contributed by atoms with van der Waals surface area (Å²) < 4.78 is 5.49. The van der Waals surface area contributed by atoms with Crippen LogP contribution in [0.15, 0.2) is 16.5 Å². The molecule has 0 aliphatic carbocycles. The summed E-state index contributed by atoms with van der Waals surface area (Å²) in [6.45, 7) is 2.93. The number of hydrogen-bond acceptors (Lipinski definition) is 3. The molecule has 1 unspecified atom stereocenters. The largest absolute Gasteiger partial charge is 0.449 e. The monoisotopic (exact) mass is 242 g/mol. The van der Waals surface area contributed by atoms with Crippen LogP contribution < -0.4 is 5.73 Å². The van der Waals surface area contributed by atoms with Crippen molar-refractivity contribution in [1.82, 2.24) is 4.90 Å². The van der Waals surface area contributed by atoms with Gasteiger partial charge in [-0.3, -0.25) is 0 Å². The number of nitrogens with two attached hydrogens (primary N) is 1. The van der Waals surface area contributed by atoms with E-state index in [-0.39, 0.29) is 0 Å². The van der Waals surface area contributed by atoms with Crippen molar-refractivity contribution in [1.29, 1.82) is 0 Å². The minimum Gasteiger partial charge on any atom is -0.449 e. The number of halogens is 1. The molecule has 1 atom stereocenters. The van der Waals surface area contributed by atoms with Gasteiger partial charge in [0.25, 0.3) is 0 Å². The number of likely N-dealkylation sites (tertiary alicyclic amines) is 1. The maximum absolute atomic E-state index is 5.86. The standard InChI is InChI=1S/C12H19ClN2O/c1-15-6-4-9(5-7-15)10(8-14)11-2-3-12(13)16-11/h2-3,9-10H,4-8,14H2,1H3. The van der Waals surface area contributed by atoms with Gasteiger partial charge in [-0.1, -0.05) is 0 Å². The molecule has 0 aromatic carbocycles. The Morgan fingerprint density at radius 1 is 1.50 bits per heavy atom. The van der Waals surface area contributed by atoms with Crippen LogP contribution in [-0.4, -0.2) is 31.6 Å². The van der Waals surface area contributed by atoms with Crippen molar-refractivity contribution < 1.29 is 4.42 Å². The lowest BCUT2D eigenvalue weighted by Crippen LogP contribution is -2.34. The van der Waals surface area contributed by atoms with E-state index in [4.69, 9.17) is 21.8 Å². The van der Waals surface area contributed by atoms with Gasteiger partial charge in [-0.2, -0.15) is 0 Å². The average molecular weight is 243 g/mol. The second-order valence-electron chi connectivity index (χ2n) is 4.62. The number of furan rings is 1. The Kier molecular flexibility index (Phi) is 3.90. The molecule has 3 nitrogen and oxygen atoms in total. The Hall–Kier alpha value is -0.510. The van der Waals surface area contributed by atoms with Gasteiger partial charge in [-0.25, -0.2) is 0 Å². The number of rotatable bonds is 3. The van der Waals surface area contributed by atoms with Crippen LogP contribution in [0.2, 0.25) is 5.22 Å². The van der Waals surface area contributed by atoms with E-state index in [1.807, 2.05) is 6.07 Å². The Morgan fingerprint density at radius 2 is 2.19 bits per heavy atom. The Bertz CT molecular complexity index is 332. The zero-order valence-corrected chi connectivity index (χ0v) is 10.4. The van der Waals surface area contributed by atoms with Gasteiger partial charge in [0, 0.05) is 12.5 Å². The lowest BCUT2D eigenvalue weighted by Gasteiger charge is -2.32. The normalized spacial score (nSPS) is 21.2. The smallest absolute Gasteiger partial charge is 0.193 e. The maximum Gasteiger partial charge on any atom is 0.193 e. The molecular formula is C12H19ClN2O. The van der Waals surface area contributed by atoms with Crippen molar-refractivity contribution in [3.8, 4) is 0 Å². The van der Waals surface area contributed by atoms with Crippen LogP contribution in [0.1, 0.15) is 24.5 Å². The van der Waals surface area contributed by atoms with E-state index in [0.29, 0.717) is 23.6 Å². The lowest BCUT2D eigenvalue weighted by molar-refractivity contribution is 0.190. The summed E-state index contributed by atoms with van der Waals surface area (Å²) in [6, 6.07) is 3.76. The molecule has 1 aliphatic rings. The van der Waals surface area contributed by atoms with Crippen molar-refractivity contribution in [2.24, 2.45) is 11.7 Å². The first-order valence-corrected chi connectivity index (χ1v) is 6.22. The molecule has 2 N–H and O–H groups in total. The number of nitrogens with zero attached hydrogens (tertiary/aromatic N) is 1. The van der Waals surface area contributed by atoms with Gasteiger partial charge in [0.05, 0.1) is 0 Å². The number of piperidine rings is 1. The van der Waals surface area contributed by atoms with Gasteiger partial charge in [0.1, 0.15) is 5.76 Å². The van der Waals surface area contributed by atoms with Crippen LogP contribution in [0.25, 0.3) is 0 Å². The highest BCUT2D eigenvalue weighted by atomic mass is 35.5. The Labute approximate surface area is 102 Å². The third-order valence-corrected chi connectivity index (χ3v) is 3.75. The molecule has 0 saturated carbocycles. The fourth-order valence-electron chi connectivity index (χ4n) is 2.50. The van der Waals surface area contributed by atoms with E-state index in [1.54, 1.807) is 6.07 Å². The van der Waals surface area contributed by atoms with Crippen LogP contribution >= 0.6 is 11.6 Å². The molecule has 1 fully saturated rings. The van der Waals surface area contributed by atoms with Crippen molar-refractivity contribution in [3.63, 3.8) is 0 Å². The van der Waals surface area contributed by atoms with Crippen LogP contribution in [0.3, 0.4) is 0 Å². The van der Waals surface area contributed by atoms with Gasteiger partial charge >= 0.3 is 0 Å². The molecule has 4 heteroatoms. The highest BCUT2D eigenvalue weighted by molar-refractivity contribution is 6.28. The fourth-order valence-corrected chi connectivity index (χ4v) is 2.65. The summed E-state index contributed by atoms with van der Waals surface area (Å²) in [5.41, 5.74) is 5.86. The molecule has 1 aliphatic heterocycles. The summed E-state index contributed by atoms with van der Waals surface area (Å²) in [4.78, 5) is 2.36. The second kappa shape index (κ2) is 5.21. The molecule has 1 saturated heterocycles. The average Bonchev–Trinajstić information content (AvgIpc) is 2.69. The van der Waals surface area contributed by atoms with Gasteiger partial charge in [-0.15, -0.1) is 0 Å². The predicted octanol–water partition coefficient (Wildman–Crippen LogP) is 2.32. The van der Waals surface area contributed by atoms with Crippen LogP contribution in [0.4, 0.5) is 0 Å². The van der Waals surface area contributed by atoms with Crippen molar-refractivity contribution in [2.45, 2.75) is 18.8 Å². The zero-order valence-electron chi connectivity index (χ0n) is 9.66. The minimum absolute atomic E-state index is 0.321. The van der Waals surface area contributed by atoms with Gasteiger partial charge in [0.2, 0.25) is 0 Å². The van der Waals surface area contributed by atoms with E-state index in [0.717, 1.165) is 18.8 Å². The first-order chi connectivity index (χ1) is 7.70. The maximum atomic E-state index is 5.86. The quantitative estimate of drug-likeness (QED) is 0.885. The fraction of sp³-hybridized carbons (Fsp3) is 0.667. The van der Waals surface area contributed by atoms with Gasteiger partial charge in [-0.05, 0) is 62.6 Å². The van der Waals surface area contributed by atoms with E-state index in [1.165, 1.54) is 12.8 Å². The molecule has 0 spiro atoms. The lowest BCUT2D eigenvalue weighted by atomic mass is 9.83. The second-order valence-corrected chi connectivity index (χ2v) is 5.00. The van der Waals surface area contributed by atoms with Crippen LogP contribution in [-0.2, 0) is 0 Å². The Morgan fingerprint density at radius 3 is 2.69 bits per heavy atom. The van der Waals surface area contributed by atoms with E-state index >= 15 is 0 Å². The van der Waals surface area contributed by atoms with Crippen molar-refractivity contribution in [3.05, 3.63) is 23.1 Å².